The molecule has 2 saturated heterocycles. The van der Waals surface area contributed by atoms with Gasteiger partial charge in [-0.2, -0.15) is 0 Å². The van der Waals surface area contributed by atoms with Crippen molar-refractivity contribution in [1.29, 1.82) is 0 Å². The summed E-state index contributed by atoms with van der Waals surface area (Å²) in [5.41, 5.74) is 7.96. The highest BCUT2D eigenvalue weighted by Crippen LogP contribution is 2.48. The lowest BCUT2D eigenvalue weighted by Crippen LogP contribution is -2.54. The number of hydrogen-bond donors (Lipinski definition) is 2. The molecule has 1 aromatic rings. The van der Waals surface area contributed by atoms with Gasteiger partial charge in [-0.1, -0.05) is 12.1 Å². The van der Waals surface area contributed by atoms with Crippen molar-refractivity contribution in [3.05, 3.63) is 34.9 Å². The number of rotatable bonds is 3. The highest BCUT2D eigenvalue weighted by atomic mass is 16.2. The molecule has 3 N–H and O–H groups in total. The average molecular weight is 410 g/mol. The van der Waals surface area contributed by atoms with Crippen LogP contribution in [0.15, 0.2) is 18.2 Å². The third kappa shape index (κ3) is 3.06. The van der Waals surface area contributed by atoms with Crippen LogP contribution in [0.2, 0.25) is 0 Å². The second-order valence-corrected chi connectivity index (χ2v) is 9.23. The van der Waals surface area contributed by atoms with E-state index >= 15 is 0 Å². The topological polar surface area (TPSA) is 113 Å². The molecule has 3 heterocycles. The maximum absolute atomic E-state index is 13.2. The molecule has 8 nitrogen and oxygen atoms in total. The van der Waals surface area contributed by atoms with Crippen molar-refractivity contribution in [3.8, 4) is 0 Å². The summed E-state index contributed by atoms with van der Waals surface area (Å²) in [4.78, 5) is 53.2. The van der Waals surface area contributed by atoms with Crippen molar-refractivity contribution in [2.45, 2.75) is 57.2 Å². The zero-order valence-electron chi connectivity index (χ0n) is 16.9. The van der Waals surface area contributed by atoms with Gasteiger partial charge in [0.25, 0.3) is 11.8 Å². The van der Waals surface area contributed by atoms with E-state index in [1.54, 1.807) is 12.1 Å². The van der Waals surface area contributed by atoms with Crippen molar-refractivity contribution in [3.63, 3.8) is 0 Å². The maximum Gasteiger partial charge on any atom is 0.262 e. The predicted molar refractivity (Wildman–Crippen MR) is 107 cm³/mol. The van der Waals surface area contributed by atoms with Crippen LogP contribution in [0.1, 0.15) is 64.8 Å². The van der Waals surface area contributed by atoms with E-state index in [1.165, 1.54) is 0 Å². The first-order valence-electron chi connectivity index (χ1n) is 10.7. The average Bonchev–Trinajstić information content (AvgIpc) is 2.94. The van der Waals surface area contributed by atoms with Gasteiger partial charge in [0, 0.05) is 19.0 Å². The van der Waals surface area contributed by atoms with Gasteiger partial charge in [-0.25, -0.2) is 0 Å². The quantitative estimate of drug-likeness (QED) is 0.713. The molecule has 1 aromatic carbocycles. The number of likely N-dealkylation sites (tertiary alicyclic amines) is 1. The minimum Gasteiger partial charge on any atom is -0.328 e. The number of imide groups is 2. The Kier molecular flexibility index (Phi) is 4.52. The molecule has 1 unspecified atom stereocenters. The summed E-state index contributed by atoms with van der Waals surface area (Å²) in [5.74, 6) is -1.84. The number of hydrogen-bond acceptors (Lipinski definition) is 6. The lowest BCUT2D eigenvalue weighted by Gasteiger charge is -2.51. The molecule has 1 saturated carbocycles. The Bertz CT molecular complexity index is 942. The molecule has 1 atom stereocenters. The molecule has 1 spiro atoms. The Balaban J connectivity index is 1.34. The SMILES string of the molecule is NC1CC2(CCN(Cc3cccc4c3C(=O)N(C3CCC(=O)NC3=O)C4=O)CC2)C1. The highest BCUT2D eigenvalue weighted by molar-refractivity contribution is 6.24. The van der Waals surface area contributed by atoms with Crippen molar-refractivity contribution in [2.75, 3.05) is 13.1 Å². The van der Waals surface area contributed by atoms with Gasteiger partial charge in [0.05, 0.1) is 11.1 Å². The molecular weight excluding hydrogens is 384 g/mol. The van der Waals surface area contributed by atoms with Crippen LogP contribution in [0.25, 0.3) is 0 Å². The Labute approximate surface area is 174 Å². The van der Waals surface area contributed by atoms with Crippen LogP contribution in [-0.2, 0) is 16.1 Å². The third-order valence-electron chi connectivity index (χ3n) is 7.26. The molecule has 4 aliphatic rings. The van der Waals surface area contributed by atoms with E-state index in [0.717, 1.165) is 49.2 Å². The summed E-state index contributed by atoms with van der Waals surface area (Å²) in [5, 5.41) is 2.24. The molecule has 4 amide bonds. The van der Waals surface area contributed by atoms with E-state index < -0.39 is 23.8 Å². The van der Waals surface area contributed by atoms with E-state index in [-0.39, 0.29) is 18.7 Å². The molecule has 3 fully saturated rings. The monoisotopic (exact) mass is 410 g/mol. The first-order valence-corrected chi connectivity index (χ1v) is 10.7. The number of carbonyl (C=O) groups excluding carboxylic acids is 4. The zero-order chi connectivity index (χ0) is 21.0. The number of fused-ring (bicyclic) bond motifs is 1. The minimum atomic E-state index is -0.930. The summed E-state index contributed by atoms with van der Waals surface area (Å²) in [6.45, 7) is 2.51. The molecule has 8 heteroatoms. The zero-order valence-corrected chi connectivity index (χ0v) is 16.9. The molecule has 3 aliphatic heterocycles. The Morgan fingerprint density at radius 2 is 1.80 bits per heavy atom. The van der Waals surface area contributed by atoms with E-state index in [0.29, 0.717) is 29.1 Å². The minimum absolute atomic E-state index is 0.121. The molecular formula is C22H26N4O4. The fraction of sp³-hybridized carbons (Fsp3) is 0.545. The van der Waals surface area contributed by atoms with Crippen LogP contribution >= 0.6 is 0 Å². The van der Waals surface area contributed by atoms with Gasteiger partial charge >= 0.3 is 0 Å². The largest absolute Gasteiger partial charge is 0.328 e. The number of nitrogens with zero attached hydrogens (tertiary/aromatic N) is 2. The number of amides is 4. The molecule has 30 heavy (non-hydrogen) atoms. The van der Waals surface area contributed by atoms with Crippen molar-refractivity contribution < 1.29 is 19.2 Å². The third-order valence-corrected chi connectivity index (χ3v) is 7.26. The molecule has 5 rings (SSSR count). The van der Waals surface area contributed by atoms with E-state index in [2.05, 4.69) is 10.2 Å². The fourth-order valence-electron chi connectivity index (χ4n) is 5.60. The fourth-order valence-corrected chi connectivity index (χ4v) is 5.60. The Morgan fingerprint density at radius 1 is 1.07 bits per heavy atom. The van der Waals surface area contributed by atoms with Crippen LogP contribution in [-0.4, -0.2) is 58.6 Å². The van der Waals surface area contributed by atoms with Gasteiger partial charge in [-0.05, 0) is 62.2 Å². The van der Waals surface area contributed by atoms with Gasteiger partial charge in [0.2, 0.25) is 11.8 Å². The number of piperidine rings is 2. The van der Waals surface area contributed by atoms with E-state index in [4.69, 9.17) is 5.73 Å². The second-order valence-electron chi connectivity index (χ2n) is 9.23. The molecule has 158 valence electrons. The van der Waals surface area contributed by atoms with Gasteiger partial charge in [-0.3, -0.25) is 34.3 Å². The summed E-state index contributed by atoms with van der Waals surface area (Å²) in [6, 6.07) is 4.74. The van der Waals surface area contributed by atoms with Gasteiger partial charge in [0.1, 0.15) is 6.04 Å². The second kappa shape index (κ2) is 6.99. The van der Waals surface area contributed by atoms with Crippen LogP contribution in [0.5, 0.6) is 0 Å². The van der Waals surface area contributed by atoms with Gasteiger partial charge in [-0.15, -0.1) is 0 Å². The van der Waals surface area contributed by atoms with E-state index in [1.807, 2.05) is 6.07 Å². The first-order chi connectivity index (χ1) is 14.4. The molecule has 0 bridgehead atoms. The standard InChI is InChI=1S/C22H26N4O4/c23-14-10-22(11-14)6-8-25(9-7-22)12-13-2-1-3-15-18(13)21(30)26(20(15)29)16-4-5-17(27)24-19(16)28/h1-3,14,16H,4-12,23H2,(H,24,27,28). The van der Waals surface area contributed by atoms with Crippen LogP contribution in [0.4, 0.5) is 0 Å². The molecule has 1 aliphatic carbocycles. The summed E-state index contributed by atoms with van der Waals surface area (Å²) in [6.07, 6.45) is 4.73. The van der Waals surface area contributed by atoms with Crippen LogP contribution in [0, 0.1) is 5.41 Å². The lowest BCUT2D eigenvalue weighted by molar-refractivity contribution is -0.136. The highest BCUT2D eigenvalue weighted by Gasteiger charge is 2.46. The van der Waals surface area contributed by atoms with Crippen LogP contribution in [0.3, 0.4) is 0 Å². The van der Waals surface area contributed by atoms with Gasteiger partial charge < -0.3 is 5.73 Å². The predicted octanol–water partition coefficient (Wildman–Crippen LogP) is 0.791. The van der Waals surface area contributed by atoms with E-state index in [9.17, 15) is 19.2 Å². The Morgan fingerprint density at radius 3 is 2.47 bits per heavy atom. The Hall–Kier alpha value is -2.58. The molecule has 0 aromatic heterocycles. The number of benzene rings is 1. The maximum atomic E-state index is 13.2. The van der Waals surface area contributed by atoms with Crippen molar-refractivity contribution in [1.82, 2.24) is 15.1 Å². The summed E-state index contributed by atoms with van der Waals surface area (Å²) < 4.78 is 0. The smallest absolute Gasteiger partial charge is 0.262 e. The van der Waals surface area contributed by atoms with Gasteiger partial charge in [0.15, 0.2) is 0 Å². The number of nitrogens with one attached hydrogen (secondary N) is 1. The number of carbonyl (C=O) groups is 4. The summed E-state index contributed by atoms with van der Waals surface area (Å²) >= 11 is 0. The first kappa shape index (κ1) is 19.4. The molecule has 0 radical (unpaired) electrons. The summed E-state index contributed by atoms with van der Waals surface area (Å²) in [7, 11) is 0. The normalized spacial score (nSPS) is 26.7. The van der Waals surface area contributed by atoms with Crippen molar-refractivity contribution >= 4 is 23.6 Å². The lowest BCUT2D eigenvalue weighted by atomic mass is 9.61. The number of nitrogens with two attached hydrogens (primary N) is 1. The van der Waals surface area contributed by atoms with Crippen LogP contribution < -0.4 is 11.1 Å². The van der Waals surface area contributed by atoms with Crippen molar-refractivity contribution in [2.24, 2.45) is 11.1 Å².